The molecule has 24 nitrogen and oxygen atoms in total. The van der Waals surface area contributed by atoms with Crippen molar-refractivity contribution in [1.29, 1.82) is 0 Å². The first-order valence-corrected chi connectivity index (χ1v) is 35.2. The molecule has 0 radical (unpaired) electrons. The van der Waals surface area contributed by atoms with Gasteiger partial charge in [-0.05, 0) is 96.3 Å². The Balaban J connectivity index is 1.86. The number of likely N-dealkylation sites (N-methyl/N-ethyl adjacent to an activating group) is 3. The number of nitrogens with one attached hydrogen (secondary N) is 4. The van der Waals surface area contributed by atoms with E-state index in [1.54, 1.807) is 123 Å². The smallest absolute Gasteiger partial charge is 0.408 e. The summed E-state index contributed by atoms with van der Waals surface area (Å²) >= 11 is 0.915. The predicted octanol–water partition coefficient (Wildman–Crippen LogP) is 7.27. The van der Waals surface area contributed by atoms with Crippen molar-refractivity contribution in [2.45, 2.75) is 214 Å². The summed E-state index contributed by atoms with van der Waals surface area (Å²) < 4.78 is 11.0. The largest absolute Gasteiger partial charge is 0.444 e. The third-order valence-electron chi connectivity index (χ3n) is 16.7. The van der Waals surface area contributed by atoms with Crippen molar-refractivity contribution < 1.29 is 76.6 Å². The highest BCUT2D eigenvalue weighted by atomic mass is 32.2. The summed E-state index contributed by atoms with van der Waals surface area (Å²) in [5, 5.41) is 10.1. The Hall–Kier alpha value is -8.45. The summed E-state index contributed by atoms with van der Waals surface area (Å²) in [5.41, 5.74) is 5.99. The molecular weight excluding hydrogens is 1300 g/mol. The summed E-state index contributed by atoms with van der Waals surface area (Å²) in [6.07, 6.45) is -3.30. The number of nitrogens with two attached hydrogens (primary N) is 1. The minimum Gasteiger partial charge on any atom is -0.444 e. The molecule has 3 aromatic rings. The number of rotatable bonds is 42. The van der Waals surface area contributed by atoms with Crippen LogP contribution in [0.5, 0.6) is 0 Å². The molecule has 550 valence electrons. The fourth-order valence-electron chi connectivity index (χ4n) is 10.8. The number of alkyl carbamates (subject to hydrolysis) is 1. The predicted molar refractivity (Wildman–Crippen MR) is 381 cm³/mol. The zero-order chi connectivity index (χ0) is 75.4. The van der Waals surface area contributed by atoms with Gasteiger partial charge >= 0.3 is 6.09 Å². The quantitative estimate of drug-likeness (QED) is 0.0372. The molecule has 0 bridgehead atoms. The number of ketones is 5. The standard InChI is InChI=1S/C75H108N8O16S/c1-46(2)36-58(82(15)65(90)35-33-61(86)59(40-52-28-22-18-23-29-52)83(16)71(95)49(6)37-55(84)43-77-73(97)99-75(11,12)13)62(87)38-48(5)68(92)80-67(47(3)4)63(88)41-54(39-51-26-20-17-21-27-51)70(94)78-56(42-66(91)100-45-53-30-24-19-25-31-53)72(96)81(14)50(7)69(93)79-57(44-98-74(8,9)10)60(85)32-34-64(76)89/h17-31,46-50,54,56-59,67H,32-45H2,1-16H3,(H2,76,89)(H,77,97)(H,78,94)(H,79,93)(H,80,92)/t48-,49-,50+,54-,56+,57+,58+,59+,67+/m1/s1. The maximum atomic E-state index is 14.9. The first kappa shape index (κ1) is 85.8. The number of benzene rings is 3. The molecule has 6 N–H and O–H groups in total. The molecule has 3 rings (SSSR count). The third-order valence-corrected chi connectivity index (χ3v) is 17.7. The molecule has 8 amide bonds. The Labute approximate surface area is 594 Å². The fourth-order valence-corrected chi connectivity index (χ4v) is 11.6. The van der Waals surface area contributed by atoms with Crippen LogP contribution >= 0.6 is 11.8 Å². The minimum atomic E-state index is -1.57. The molecule has 0 aromatic heterocycles. The van der Waals surface area contributed by atoms with Gasteiger partial charge in [-0.15, -0.1) is 0 Å². The van der Waals surface area contributed by atoms with Crippen molar-refractivity contribution in [2.24, 2.45) is 35.3 Å². The van der Waals surface area contributed by atoms with Gasteiger partial charge in [0, 0.05) is 96.0 Å². The van der Waals surface area contributed by atoms with E-state index < -0.39 is 165 Å². The zero-order valence-corrected chi connectivity index (χ0v) is 62.1. The van der Waals surface area contributed by atoms with E-state index in [9.17, 15) is 67.1 Å². The van der Waals surface area contributed by atoms with Crippen molar-refractivity contribution in [3.63, 3.8) is 0 Å². The molecule has 9 atom stereocenters. The first-order valence-electron chi connectivity index (χ1n) is 34.2. The monoisotopic (exact) mass is 1410 g/mol. The summed E-state index contributed by atoms with van der Waals surface area (Å²) in [6, 6.07) is 19.5. The number of carbonyl (C=O) groups excluding carboxylic acids is 14. The van der Waals surface area contributed by atoms with Crippen LogP contribution in [0.4, 0.5) is 4.79 Å². The molecule has 0 aliphatic heterocycles. The number of primary amides is 1. The number of nitrogens with zero attached hydrogens (tertiary/aromatic N) is 3. The van der Waals surface area contributed by atoms with Crippen LogP contribution in [0, 0.1) is 29.6 Å². The van der Waals surface area contributed by atoms with Gasteiger partial charge in [0.15, 0.2) is 34.0 Å². The van der Waals surface area contributed by atoms with Crippen molar-refractivity contribution in [3.05, 3.63) is 108 Å². The van der Waals surface area contributed by atoms with Crippen molar-refractivity contribution >= 4 is 93.2 Å². The first-order chi connectivity index (χ1) is 46.7. The van der Waals surface area contributed by atoms with Crippen LogP contribution in [0.1, 0.15) is 164 Å². The molecule has 100 heavy (non-hydrogen) atoms. The van der Waals surface area contributed by atoms with Crippen LogP contribution in [0.2, 0.25) is 0 Å². The van der Waals surface area contributed by atoms with Gasteiger partial charge in [-0.25, -0.2) is 4.79 Å². The highest BCUT2D eigenvalue weighted by Crippen LogP contribution is 2.24. The maximum absolute atomic E-state index is 14.9. The Bertz CT molecular complexity index is 3280. The molecule has 0 unspecified atom stereocenters. The van der Waals surface area contributed by atoms with E-state index in [1.807, 2.05) is 44.2 Å². The van der Waals surface area contributed by atoms with Gasteiger partial charge < -0.3 is 51.2 Å². The number of thioether (sulfide) groups is 1. The normalized spacial score (nSPS) is 14.3. The second kappa shape index (κ2) is 41.3. The van der Waals surface area contributed by atoms with Crippen molar-refractivity contribution in [2.75, 3.05) is 34.3 Å². The van der Waals surface area contributed by atoms with E-state index in [0.29, 0.717) is 5.56 Å². The molecule has 0 aliphatic rings. The minimum absolute atomic E-state index is 0.0273. The van der Waals surface area contributed by atoms with Crippen molar-refractivity contribution in [1.82, 2.24) is 36.0 Å². The second-order valence-electron chi connectivity index (χ2n) is 28.6. The maximum Gasteiger partial charge on any atom is 0.408 e. The molecule has 0 aliphatic carbocycles. The lowest BCUT2D eigenvalue weighted by atomic mass is 9.87. The van der Waals surface area contributed by atoms with E-state index in [0.717, 1.165) is 27.8 Å². The third kappa shape index (κ3) is 31.0. The Morgan fingerprint density at radius 2 is 1.05 bits per heavy atom. The number of hydrogen-bond acceptors (Lipinski definition) is 17. The van der Waals surface area contributed by atoms with Gasteiger partial charge in [0.2, 0.25) is 41.4 Å². The van der Waals surface area contributed by atoms with Crippen LogP contribution in [-0.4, -0.2) is 178 Å². The summed E-state index contributed by atoms with van der Waals surface area (Å²) in [4.78, 5) is 196. The zero-order valence-electron chi connectivity index (χ0n) is 61.3. The van der Waals surface area contributed by atoms with Crippen LogP contribution < -0.4 is 27.0 Å². The number of hydrogen-bond donors (Lipinski definition) is 5. The van der Waals surface area contributed by atoms with Gasteiger partial charge in [-0.2, -0.15) is 0 Å². The molecular formula is C75H108N8O16S. The number of amides is 8. The van der Waals surface area contributed by atoms with Crippen LogP contribution in [0.15, 0.2) is 91.0 Å². The Morgan fingerprint density at radius 3 is 1.58 bits per heavy atom. The number of carbonyl (C=O) groups is 14. The summed E-state index contributed by atoms with van der Waals surface area (Å²) in [5.74, 6) is -10.8. The molecule has 0 fully saturated rings. The van der Waals surface area contributed by atoms with Gasteiger partial charge in [0.25, 0.3) is 0 Å². The molecule has 0 heterocycles. The van der Waals surface area contributed by atoms with E-state index in [1.165, 1.54) is 44.8 Å². The van der Waals surface area contributed by atoms with Gasteiger partial charge in [-0.3, -0.25) is 62.3 Å². The van der Waals surface area contributed by atoms with E-state index in [-0.39, 0.29) is 82.6 Å². The van der Waals surface area contributed by atoms with Gasteiger partial charge in [0.1, 0.15) is 23.7 Å². The Morgan fingerprint density at radius 1 is 0.510 bits per heavy atom. The molecule has 0 saturated heterocycles. The average molecular weight is 1410 g/mol. The van der Waals surface area contributed by atoms with Gasteiger partial charge in [-0.1, -0.05) is 144 Å². The highest BCUT2D eigenvalue weighted by molar-refractivity contribution is 8.12. The topological polar surface area (TPSA) is 341 Å². The highest BCUT2D eigenvalue weighted by Gasteiger charge is 2.39. The van der Waals surface area contributed by atoms with E-state index >= 15 is 0 Å². The number of ether oxygens (including phenoxy) is 2. The fraction of sp³-hybridized carbons (Fsp3) is 0.573. The average Bonchev–Trinajstić information content (AvgIpc) is 0.847. The van der Waals surface area contributed by atoms with Crippen LogP contribution in [0.25, 0.3) is 0 Å². The molecule has 3 aromatic carbocycles. The van der Waals surface area contributed by atoms with E-state index in [4.69, 9.17) is 15.2 Å². The lowest BCUT2D eigenvalue weighted by Crippen LogP contribution is -2.57. The van der Waals surface area contributed by atoms with Crippen LogP contribution in [0.3, 0.4) is 0 Å². The van der Waals surface area contributed by atoms with Crippen molar-refractivity contribution in [3.8, 4) is 0 Å². The molecule has 0 spiro atoms. The second-order valence-corrected chi connectivity index (χ2v) is 29.6. The molecule has 25 heteroatoms. The molecule has 0 saturated carbocycles. The van der Waals surface area contributed by atoms with Gasteiger partial charge in [0.05, 0.1) is 36.9 Å². The summed E-state index contributed by atoms with van der Waals surface area (Å²) in [6.45, 7) is 21.2. The van der Waals surface area contributed by atoms with E-state index in [2.05, 4.69) is 21.3 Å². The lowest BCUT2D eigenvalue weighted by Gasteiger charge is -2.31. The lowest BCUT2D eigenvalue weighted by molar-refractivity contribution is -0.143. The summed E-state index contributed by atoms with van der Waals surface area (Å²) in [7, 11) is 4.22. The SMILES string of the molecule is CC(C)C[C@@H](C(=O)C[C@@H](C)C(=O)N[C@H](C(=O)C[C@@H](Cc1ccccc1)C(=O)N[C@@H](CC(=O)SCc1ccccc1)C(=O)N(C)[C@@H](C)C(=O)N[C@@H](COC(C)(C)C)C(=O)CCC(N)=O)C(C)C)N(C)C(=O)CCC(=O)[C@H](Cc1ccccc1)N(C)C(=O)[C@H](C)CC(=O)CNC(=O)OC(C)(C)C. The number of Topliss-reactive ketones (excluding diaryl/α,β-unsaturated/α-hetero) is 5. The Kier molecular flexibility index (Phi) is 35.4. The van der Waals surface area contributed by atoms with Crippen LogP contribution in [-0.2, 0) is 90.4 Å².